The van der Waals surface area contributed by atoms with Gasteiger partial charge in [-0.1, -0.05) is 26.2 Å². The third kappa shape index (κ3) is 4.37. The molecule has 0 saturated heterocycles. The minimum atomic E-state index is -0.503. The van der Waals surface area contributed by atoms with Crippen molar-refractivity contribution in [3.63, 3.8) is 0 Å². The molecule has 3 nitrogen and oxygen atoms in total. The maximum absolute atomic E-state index is 11.9. The third-order valence-electron chi connectivity index (χ3n) is 3.27. The molecule has 1 fully saturated rings. The standard InChI is InChI=1S/C12H23FN2O/c1-2-5-10-6-3-4-7-11(10)15-12(16)14-9-8-13/h10-11H,2-9H2,1H3,(H2,14,15,16). The zero-order valence-corrected chi connectivity index (χ0v) is 10.1. The minimum absolute atomic E-state index is 0.108. The maximum Gasteiger partial charge on any atom is 0.315 e. The van der Waals surface area contributed by atoms with Crippen LogP contribution in [0.3, 0.4) is 0 Å². The quantitative estimate of drug-likeness (QED) is 0.749. The van der Waals surface area contributed by atoms with Gasteiger partial charge in [-0.25, -0.2) is 9.18 Å². The fourth-order valence-corrected chi connectivity index (χ4v) is 2.49. The Hall–Kier alpha value is -0.800. The van der Waals surface area contributed by atoms with Crippen molar-refractivity contribution in [2.45, 2.75) is 51.5 Å². The van der Waals surface area contributed by atoms with E-state index < -0.39 is 6.67 Å². The lowest BCUT2D eigenvalue weighted by Gasteiger charge is -2.32. The van der Waals surface area contributed by atoms with Crippen molar-refractivity contribution >= 4 is 6.03 Å². The molecule has 2 N–H and O–H groups in total. The zero-order chi connectivity index (χ0) is 11.8. The van der Waals surface area contributed by atoms with Gasteiger partial charge in [0.05, 0.1) is 0 Å². The molecule has 16 heavy (non-hydrogen) atoms. The summed E-state index contributed by atoms with van der Waals surface area (Å²) in [4.78, 5) is 11.4. The van der Waals surface area contributed by atoms with Crippen LogP contribution in [-0.2, 0) is 0 Å². The lowest BCUT2D eigenvalue weighted by molar-refractivity contribution is 0.212. The average molecular weight is 230 g/mol. The number of amides is 2. The van der Waals surface area contributed by atoms with Gasteiger partial charge in [0.1, 0.15) is 6.67 Å². The van der Waals surface area contributed by atoms with Gasteiger partial charge in [0, 0.05) is 12.6 Å². The summed E-state index contributed by atoms with van der Waals surface area (Å²) in [6.07, 6.45) is 7.07. The highest BCUT2D eigenvalue weighted by Gasteiger charge is 2.25. The van der Waals surface area contributed by atoms with Gasteiger partial charge in [-0.15, -0.1) is 0 Å². The van der Waals surface area contributed by atoms with Crippen LogP contribution in [0, 0.1) is 5.92 Å². The number of rotatable bonds is 5. The second-order valence-corrected chi connectivity index (χ2v) is 4.53. The summed E-state index contributed by atoms with van der Waals surface area (Å²) in [6.45, 7) is 1.78. The van der Waals surface area contributed by atoms with E-state index >= 15 is 0 Å². The molecule has 0 heterocycles. The van der Waals surface area contributed by atoms with E-state index in [2.05, 4.69) is 17.6 Å². The fourth-order valence-electron chi connectivity index (χ4n) is 2.49. The number of carbonyl (C=O) groups is 1. The Labute approximate surface area is 97.2 Å². The second-order valence-electron chi connectivity index (χ2n) is 4.53. The van der Waals surface area contributed by atoms with E-state index in [0.29, 0.717) is 5.92 Å². The fraction of sp³-hybridized carbons (Fsp3) is 0.917. The predicted octanol–water partition coefficient (Wildman–Crippen LogP) is 2.61. The van der Waals surface area contributed by atoms with Crippen LogP contribution in [-0.4, -0.2) is 25.3 Å². The summed E-state index contributed by atoms with van der Waals surface area (Å²) in [5, 5.41) is 5.49. The molecule has 94 valence electrons. The monoisotopic (exact) mass is 230 g/mol. The SMILES string of the molecule is CCCC1CCCCC1NC(=O)NCCF. The van der Waals surface area contributed by atoms with Gasteiger partial charge >= 0.3 is 6.03 Å². The molecule has 2 amide bonds. The minimum Gasteiger partial charge on any atom is -0.336 e. The summed E-state index contributed by atoms with van der Waals surface area (Å²) >= 11 is 0. The molecule has 1 saturated carbocycles. The predicted molar refractivity (Wildman–Crippen MR) is 63.2 cm³/mol. The first-order valence-corrected chi connectivity index (χ1v) is 6.38. The molecule has 0 bridgehead atoms. The summed E-state index contributed by atoms with van der Waals surface area (Å²) in [6, 6.07) is 0.0685. The molecular formula is C12H23FN2O. The molecule has 2 atom stereocenters. The molecule has 1 aliphatic rings. The molecule has 1 aliphatic carbocycles. The van der Waals surface area contributed by atoms with Crippen molar-refractivity contribution in [1.29, 1.82) is 0 Å². The largest absolute Gasteiger partial charge is 0.336 e. The molecule has 0 aromatic heterocycles. The van der Waals surface area contributed by atoms with Gasteiger partial charge in [-0.05, 0) is 25.2 Å². The normalized spacial score (nSPS) is 25.1. The molecule has 0 aromatic carbocycles. The number of alkyl halides is 1. The van der Waals surface area contributed by atoms with Crippen molar-refractivity contribution in [1.82, 2.24) is 10.6 Å². The van der Waals surface area contributed by atoms with Gasteiger partial charge in [0.15, 0.2) is 0 Å². The number of hydrogen-bond donors (Lipinski definition) is 2. The first-order valence-electron chi connectivity index (χ1n) is 6.38. The topological polar surface area (TPSA) is 41.1 Å². The Morgan fingerprint density at radius 1 is 1.38 bits per heavy atom. The summed E-state index contributed by atoms with van der Waals surface area (Å²) in [5.41, 5.74) is 0. The van der Waals surface area contributed by atoms with E-state index in [1.165, 1.54) is 25.7 Å². The van der Waals surface area contributed by atoms with Crippen LogP contribution in [0.2, 0.25) is 0 Å². The number of urea groups is 1. The van der Waals surface area contributed by atoms with Crippen molar-refractivity contribution in [2.75, 3.05) is 13.2 Å². The number of nitrogens with one attached hydrogen (secondary N) is 2. The summed E-state index contributed by atoms with van der Waals surface area (Å²) in [5.74, 6) is 0.606. The molecule has 4 heteroatoms. The molecule has 0 aliphatic heterocycles. The van der Waals surface area contributed by atoms with Crippen LogP contribution < -0.4 is 10.6 Å². The van der Waals surface area contributed by atoms with Crippen molar-refractivity contribution in [3.8, 4) is 0 Å². The van der Waals surface area contributed by atoms with Gasteiger partial charge in [-0.2, -0.15) is 0 Å². The van der Waals surface area contributed by atoms with Crippen LogP contribution >= 0.6 is 0 Å². The first kappa shape index (κ1) is 13.3. The van der Waals surface area contributed by atoms with E-state index in [1.807, 2.05) is 0 Å². The molecular weight excluding hydrogens is 207 g/mol. The highest BCUT2D eigenvalue weighted by Crippen LogP contribution is 2.27. The zero-order valence-electron chi connectivity index (χ0n) is 10.1. The van der Waals surface area contributed by atoms with Gasteiger partial charge in [0.2, 0.25) is 0 Å². The molecule has 1 rings (SSSR count). The Kier molecular flexibility index (Phi) is 6.19. The van der Waals surface area contributed by atoms with Crippen molar-refractivity contribution in [2.24, 2.45) is 5.92 Å². The van der Waals surface area contributed by atoms with Crippen LogP contribution in [0.25, 0.3) is 0 Å². The highest BCUT2D eigenvalue weighted by atomic mass is 19.1. The Bertz CT molecular complexity index is 209. The molecule has 0 spiro atoms. The number of hydrogen-bond acceptors (Lipinski definition) is 1. The Morgan fingerprint density at radius 2 is 2.12 bits per heavy atom. The number of halogens is 1. The highest BCUT2D eigenvalue weighted by molar-refractivity contribution is 5.74. The van der Waals surface area contributed by atoms with E-state index in [0.717, 1.165) is 12.8 Å². The summed E-state index contributed by atoms with van der Waals surface area (Å²) < 4.78 is 11.9. The number of carbonyl (C=O) groups excluding carboxylic acids is 1. The lowest BCUT2D eigenvalue weighted by atomic mass is 9.82. The van der Waals surface area contributed by atoms with Gasteiger partial charge < -0.3 is 10.6 Å². The van der Waals surface area contributed by atoms with Crippen LogP contribution in [0.4, 0.5) is 9.18 Å². The lowest BCUT2D eigenvalue weighted by Crippen LogP contribution is -2.47. The van der Waals surface area contributed by atoms with Crippen LogP contribution in [0.1, 0.15) is 45.4 Å². The second kappa shape index (κ2) is 7.47. The summed E-state index contributed by atoms with van der Waals surface area (Å²) in [7, 11) is 0. The van der Waals surface area contributed by atoms with Gasteiger partial charge in [-0.3, -0.25) is 0 Å². The average Bonchev–Trinajstić information content (AvgIpc) is 2.29. The van der Waals surface area contributed by atoms with Crippen molar-refractivity contribution < 1.29 is 9.18 Å². The Balaban J connectivity index is 2.33. The maximum atomic E-state index is 11.9. The molecule has 2 unspecified atom stereocenters. The Morgan fingerprint density at radius 3 is 2.81 bits per heavy atom. The van der Waals surface area contributed by atoms with E-state index in [1.54, 1.807) is 0 Å². The third-order valence-corrected chi connectivity index (χ3v) is 3.27. The van der Waals surface area contributed by atoms with E-state index in [4.69, 9.17) is 0 Å². The molecule has 0 aromatic rings. The first-order chi connectivity index (χ1) is 7.77. The smallest absolute Gasteiger partial charge is 0.315 e. The van der Waals surface area contributed by atoms with Gasteiger partial charge in [0.25, 0.3) is 0 Å². The van der Waals surface area contributed by atoms with E-state index in [9.17, 15) is 9.18 Å². The van der Waals surface area contributed by atoms with Crippen LogP contribution in [0.15, 0.2) is 0 Å². The van der Waals surface area contributed by atoms with Crippen molar-refractivity contribution in [3.05, 3.63) is 0 Å². The molecule has 0 radical (unpaired) electrons. The van der Waals surface area contributed by atoms with E-state index in [-0.39, 0.29) is 18.6 Å². The van der Waals surface area contributed by atoms with Crippen LogP contribution in [0.5, 0.6) is 0 Å².